The molecule has 96 valence electrons. The molecule has 0 aliphatic rings. The summed E-state index contributed by atoms with van der Waals surface area (Å²) < 4.78 is 9.56. The summed E-state index contributed by atoms with van der Waals surface area (Å²) in [5.74, 6) is 0.960. The van der Waals surface area contributed by atoms with E-state index in [1.807, 2.05) is 18.2 Å². The summed E-state index contributed by atoms with van der Waals surface area (Å²) in [6.45, 7) is 0. The number of benzene rings is 1. The summed E-state index contributed by atoms with van der Waals surface area (Å²) in [7, 11) is 0. The lowest BCUT2D eigenvalue weighted by atomic mass is 10.1. The molecule has 3 rings (SSSR count). The molecule has 19 heavy (non-hydrogen) atoms. The molecular weight excluding hydrogens is 246 g/mol. The van der Waals surface area contributed by atoms with Crippen molar-refractivity contribution in [1.29, 1.82) is 0 Å². The quantitative estimate of drug-likeness (QED) is 0.754. The summed E-state index contributed by atoms with van der Waals surface area (Å²) in [4.78, 5) is 4.21. The van der Waals surface area contributed by atoms with Crippen molar-refractivity contribution in [3.8, 4) is 11.6 Å². The highest BCUT2D eigenvalue weighted by Gasteiger charge is 2.16. The molecule has 2 heterocycles. The lowest BCUT2D eigenvalue weighted by Crippen LogP contribution is -1.93. The molecule has 0 saturated carbocycles. The van der Waals surface area contributed by atoms with Crippen LogP contribution in [0.4, 0.5) is 5.82 Å². The third-order valence-electron chi connectivity index (χ3n) is 2.66. The lowest BCUT2D eigenvalue weighted by molar-refractivity contribution is 0.308. The first-order valence-electron chi connectivity index (χ1n) is 5.78. The Balaban J connectivity index is 1.71. The van der Waals surface area contributed by atoms with E-state index in [0.717, 1.165) is 6.42 Å². The van der Waals surface area contributed by atoms with Gasteiger partial charge in [-0.25, -0.2) is 4.63 Å². The van der Waals surface area contributed by atoms with Crippen LogP contribution in [0, 0.1) is 0 Å². The number of anilines is 1. The van der Waals surface area contributed by atoms with Crippen molar-refractivity contribution in [2.24, 2.45) is 0 Å². The molecule has 2 N–H and O–H groups in total. The highest BCUT2D eigenvalue weighted by atomic mass is 16.6. The summed E-state index contributed by atoms with van der Waals surface area (Å²) in [6.07, 6.45) is 1.52. The summed E-state index contributed by atoms with van der Waals surface area (Å²) >= 11 is 0. The van der Waals surface area contributed by atoms with Gasteiger partial charge in [-0.05, 0) is 22.3 Å². The van der Waals surface area contributed by atoms with Crippen LogP contribution < -0.4 is 5.73 Å². The minimum absolute atomic E-state index is 0.137. The standard InChI is InChI=1S/C12H11N5O2/c13-11-10(16-19-17-11)12-14-9(15-18-12)7-6-8-4-2-1-3-5-8/h1-5H,6-7H2,(H2,13,17). The van der Waals surface area contributed by atoms with Gasteiger partial charge in [0.15, 0.2) is 5.82 Å². The van der Waals surface area contributed by atoms with Crippen molar-refractivity contribution in [3.63, 3.8) is 0 Å². The van der Waals surface area contributed by atoms with Gasteiger partial charge in [0.1, 0.15) is 0 Å². The van der Waals surface area contributed by atoms with Gasteiger partial charge in [0.25, 0.3) is 5.89 Å². The predicted molar refractivity (Wildman–Crippen MR) is 65.9 cm³/mol. The van der Waals surface area contributed by atoms with Gasteiger partial charge in [0.05, 0.1) is 0 Å². The van der Waals surface area contributed by atoms with E-state index in [0.29, 0.717) is 12.2 Å². The number of rotatable bonds is 4. The third-order valence-corrected chi connectivity index (χ3v) is 2.66. The van der Waals surface area contributed by atoms with E-state index in [-0.39, 0.29) is 17.4 Å². The average Bonchev–Trinajstić information content (AvgIpc) is 3.06. The van der Waals surface area contributed by atoms with Gasteiger partial charge in [0.2, 0.25) is 11.5 Å². The van der Waals surface area contributed by atoms with Gasteiger partial charge in [-0.3, -0.25) is 0 Å². The zero-order valence-corrected chi connectivity index (χ0v) is 9.98. The van der Waals surface area contributed by atoms with Crippen LogP contribution in [0.2, 0.25) is 0 Å². The fourth-order valence-electron chi connectivity index (χ4n) is 1.70. The van der Waals surface area contributed by atoms with E-state index in [1.54, 1.807) is 0 Å². The molecule has 0 aliphatic heterocycles. The van der Waals surface area contributed by atoms with Crippen molar-refractivity contribution in [1.82, 2.24) is 20.5 Å². The average molecular weight is 257 g/mol. The molecule has 0 aliphatic carbocycles. The second-order valence-corrected chi connectivity index (χ2v) is 4.00. The van der Waals surface area contributed by atoms with Gasteiger partial charge in [-0.2, -0.15) is 4.98 Å². The zero-order valence-electron chi connectivity index (χ0n) is 9.98. The van der Waals surface area contributed by atoms with Crippen LogP contribution in [0.5, 0.6) is 0 Å². The largest absolute Gasteiger partial charge is 0.379 e. The highest BCUT2D eigenvalue weighted by molar-refractivity contribution is 5.60. The second-order valence-electron chi connectivity index (χ2n) is 4.00. The molecule has 0 spiro atoms. The maximum atomic E-state index is 5.55. The SMILES string of the molecule is Nc1nonc1-c1nc(CCc2ccccc2)no1. The number of aromatic nitrogens is 4. The van der Waals surface area contributed by atoms with Crippen molar-refractivity contribution < 1.29 is 9.15 Å². The maximum Gasteiger partial charge on any atom is 0.284 e. The second kappa shape index (κ2) is 4.89. The molecule has 0 amide bonds. The topological polar surface area (TPSA) is 104 Å². The number of nitrogens with zero attached hydrogens (tertiary/aromatic N) is 4. The first-order valence-corrected chi connectivity index (χ1v) is 5.78. The molecule has 0 unspecified atom stereocenters. The van der Waals surface area contributed by atoms with Crippen LogP contribution in [0.15, 0.2) is 39.5 Å². The van der Waals surface area contributed by atoms with Crippen molar-refractivity contribution in [2.75, 3.05) is 5.73 Å². The first-order chi connectivity index (χ1) is 9.33. The van der Waals surface area contributed by atoms with Crippen LogP contribution in [-0.2, 0) is 12.8 Å². The number of nitrogen functional groups attached to an aromatic ring is 1. The van der Waals surface area contributed by atoms with E-state index in [2.05, 4.69) is 37.2 Å². The third kappa shape index (κ3) is 2.44. The van der Waals surface area contributed by atoms with E-state index >= 15 is 0 Å². The molecule has 0 atom stereocenters. The Bertz CT molecular complexity index is 662. The molecule has 0 bridgehead atoms. The predicted octanol–water partition coefficient (Wildman–Crippen LogP) is 1.49. The molecular formula is C12H11N5O2. The van der Waals surface area contributed by atoms with E-state index in [1.165, 1.54) is 5.56 Å². The van der Waals surface area contributed by atoms with Gasteiger partial charge < -0.3 is 10.3 Å². The monoisotopic (exact) mass is 257 g/mol. The Morgan fingerprint density at radius 2 is 1.84 bits per heavy atom. The summed E-state index contributed by atoms with van der Waals surface area (Å²) in [5, 5.41) is 10.9. The molecule has 0 fully saturated rings. The minimum atomic E-state index is 0.137. The van der Waals surface area contributed by atoms with E-state index in [9.17, 15) is 0 Å². The Kier molecular flexibility index (Phi) is 2.93. The molecule has 3 aromatic rings. The molecule has 0 saturated heterocycles. The number of hydrogen-bond donors (Lipinski definition) is 1. The van der Waals surface area contributed by atoms with Crippen LogP contribution >= 0.6 is 0 Å². The Labute approximate surface area is 108 Å². The first kappa shape index (κ1) is 11.4. The van der Waals surface area contributed by atoms with Crippen molar-refractivity contribution in [2.45, 2.75) is 12.8 Å². The van der Waals surface area contributed by atoms with Gasteiger partial charge in [-0.15, -0.1) is 0 Å². The van der Waals surface area contributed by atoms with Crippen LogP contribution in [-0.4, -0.2) is 20.5 Å². The Morgan fingerprint density at radius 1 is 1.00 bits per heavy atom. The summed E-state index contributed by atoms with van der Waals surface area (Å²) in [5.41, 5.74) is 7.05. The van der Waals surface area contributed by atoms with Crippen LogP contribution in [0.25, 0.3) is 11.6 Å². The van der Waals surface area contributed by atoms with Gasteiger partial charge in [-0.1, -0.05) is 35.5 Å². The fraction of sp³-hybridized carbons (Fsp3) is 0.167. The van der Waals surface area contributed by atoms with Crippen molar-refractivity contribution >= 4 is 5.82 Å². The van der Waals surface area contributed by atoms with Crippen LogP contribution in [0.1, 0.15) is 11.4 Å². The number of aryl methyl sites for hydroxylation is 2. The summed E-state index contributed by atoms with van der Waals surface area (Å²) in [6, 6.07) is 10.1. The molecule has 1 aromatic carbocycles. The van der Waals surface area contributed by atoms with Gasteiger partial charge in [0, 0.05) is 6.42 Å². The number of hydrogen-bond acceptors (Lipinski definition) is 7. The minimum Gasteiger partial charge on any atom is -0.379 e. The lowest BCUT2D eigenvalue weighted by Gasteiger charge is -1.96. The fourth-order valence-corrected chi connectivity index (χ4v) is 1.70. The van der Waals surface area contributed by atoms with E-state index in [4.69, 9.17) is 10.3 Å². The molecule has 0 radical (unpaired) electrons. The normalized spacial score (nSPS) is 10.7. The van der Waals surface area contributed by atoms with Gasteiger partial charge >= 0.3 is 0 Å². The maximum absolute atomic E-state index is 5.55. The van der Waals surface area contributed by atoms with E-state index < -0.39 is 0 Å². The zero-order chi connectivity index (χ0) is 13.1. The highest BCUT2D eigenvalue weighted by Crippen LogP contribution is 2.19. The smallest absolute Gasteiger partial charge is 0.284 e. The molecule has 7 heteroatoms. The molecule has 7 nitrogen and oxygen atoms in total. The Morgan fingerprint density at radius 3 is 2.58 bits per heavy atom. The molecule has 2 aromatic heterocycles. The van der Waals surface area contributed by atoms with Crippen LogP contribution in [0.3, 0.4) is 0 Å². The van der Waals surface area contributed by atoms with Crippen molar-refractivity contribution in [3.05, 3.63) is 41.7 Å². The number of nitrogens with two attached hydrogens (primary N) is 1. The Hall–Kier alpha value is -2.70.